The van der Waals surface area contributed by atoms with Crippen molar-refractivity contribution >= 4 is 11.0 Å². The maximum atomic E-state index is 13.1. The normalized spacial score (nSPS) is 15.1. The number of rotatable bonds is 9. The fourth-order valence-corrected chi connectivity index (χ4v) is 4.82. The number of aromatic nitrogens is 1. The van der Waals surface area contributed by atoms with Crippen molar-refractivity contribution < 1.29 is 13.7 Å². The van der Waals surface area contributed by atoms with E-state index in [1.165, 1.54) is 24.8 Å². The van der Waals surface area contributed by atoms with Crippen molar-refractivity contribution in [2.45, 2.75) is 45.3 Å². The van der Waals surface area contributed by atoms with Crippen molar-refractivity contribution in [1.82, 2.24) is 10.1 Å². The Hall–Kier alpha value is -3.18. The van der Waals surface area contributed by atoms with E-state index in [-0.39, 0.29) is 5.82 Å². The smallest absolute Gasteiger partial charge is 0.170 e. The highest BCUT2D eigenvalue weighted by Crippen LogP contribution is 2.28. The van der Waals surface area contributed by atoms with Crippen LogP contribution >= 0.6 is 0 Å². The molecule has 1 saturated heterocycles. The summed E-state index contributed by atoms with van der Waals surface area (Å²) in [6.07, 6.45) is 5.73. The van der Waals surface area contributed by atoms with Crippen LogP contribution in [0.4, 0.5) is 4.39 Å². The highest BCUT2D eigenvalue weighted by Gasteiger charge is 2.19. The highest BCUT2D eigenvalue weighted by molar-refractivity contribution is 5.80. The third-order valence-corrected chi connectivity index (χ3v) is 6.82. The van der Waals surface area contributed by atoms with Crippen LogP contribution < -0.4 is 4.74 Å². The zero-order chi connectivity index (χ0) is 23.2. The number of hydrogen-bond acceptors (Lipinski definition) is 4. The summed E-state index contributed by atoms with van der Waals surface area (Å²) in [7, 11) is 0. The Morgan fingerprint density at radius 1 is 0.941 bits per heavy atom. The molecule has 1 aromatic heterocycles. The van der Waals surface area contributed by atoms with Gasteiger partial charge in [0.05, 0.1) is 5.69 Å². The third-order valence-electron chi connectivity index (χ3n) is 6.82. The molecular weight excluding hydrogens is 427 g/mol. The summed E-state index contributed by atoms with van der Waals surface area (Å²) in [5.74, 6) is 1.39. The molecule has 0 aliphatic carbocycles. The number of fused-ring (bicyclic) bond motifs is 1. The largest absolute Gasteiger partial charge is 0.489 e. The van der Waals surface area contributed by atoms with Crippen molar-refractivity contribution in [3.05, 3.63) is 95.4 Å². The number of likely N-dealkylation sites (tertiary alicyclic amines) is 1. The van der Waals surface area contributed by atoms with Crippen LogP contribution in [0.1, 0.15) is 42.5 Å². The number of halogens is 1. The molecule has 0 atom stereocenters. The minimum Gasteiger partial charge on any atom is -0.489 e. The molecule has 4 aromatic rings. The molecule has 0 radical (unpaired) electrons. The second-order valence-corrected chi connectivity index (χ2v) is 9.30. The number of aryl methyl sites for hydroxylation is 1. The van der Waals surface area contributed by atoms with Gasteiger partial charge in [-0.1, -0.05) is 47.6 Å². The van der Waals surface area contributed by atoms with Crippen molar-refractivity contribution in [3.63, 3.8) is 0 Å². The van der Waals surface area contributed by atoms with E-state index in [4.69, 9.17) is 9.26 Å². The first kappa shape index (κ1) is 22.6. The summed E-state index contributed by atoms with van der Waals surface area (Å²) in [6.45, 7) is 3.67. The molecule has 1 aliphatic heterocycles. The van der Waals surface area contributed by atoms with Crippen molar-refractivity contribution in [2.75, 3.05) is 13.1 Å². The molecular formula is C29H31FN2O2. The zero-order valence-electron chi connectivity index (χ0n) is 19.5. The summed E-state index contributed by atoms with van der Waals surface area (Å²) in [6, 6.07) is 23.0. The van der Waals surface area contributed by atoms with Gasteiger partial charge in [0.15, 0.2) is 5.58 Å². The highest BCUT2D eigenvalue weighted by atomic mass is 19.1. The minimum atomic E-state index is -0.167. The van der Waals surface area contributed by atoms with Crippen molar-refractivity contribution in [2.24, 2.45) is 5.92 Å². The van der Waals surface area contributed by atoms with Crippen molar-refractivity contribution in [1.29, 1.82) is 0 Å². The maximum Gasteiger partial charge on any atom is 0.170 e. The van der Waals surface area contributed by atoms with Gasteiger partial charge >= 0.3 is 0 Å². The minimum absolute atomic E-state index is 0.167. The Bertz CT molecular complexity index is 1180. The van der Waals surface area contributed by atoms with Gasteiger partial charge in [0.2, 0.25) is 0 Å². The molecule has 4 nitrogen and oxygen atoms in total. The summed E-state index contributed by atoms with van der Waals surface area (Å²) >= 11 is 0. The fraction of sp³-hybridized carbons (Fsp3) is 0.345. The quantitative estimate of drug-likeness (QED) is 0.277. The molecule has 176 valence electrons. The second kappa shape index (κ2) is 10.8. The lowest BCUT2D eigenvalue weighted by atomic mass is 9.91. The number of ether oxygens (including phenoxy) is 1. The van der Waals surface area contributed by atoms with Gasteiger partial charge in [-0.3, -0.25) is 4.90 Å². The molecule has 5 rings (SSSR count). The van der Waals surface area contributed by atoms with Crippen LogP contribution in [0.5, 0.6) is 5.75 Å². The average molecular weight is 459 g/mol. The Morgan fingerprint density at radius 2 is 1.74 bits per heavy atom. The average Bonchev–Trinajstić information content (AvgIpc) is 3.28. The van der Waals surface area contributed by atoms with Crippen LogP contribution in [0, 0.1) is 11.7 Å². The van der Waals surface area contributed by atoms with E-state index in [0.717, 1.165) is 66.4 Å². The molecule has 5 heteroatoms. The molecule has 0 N–H and O–H groups in total. The Morgan fingerprint density at radius 3 is 2.53 bits per heavy atom. The van der Waals surface area contributed by atoms with E-state index >= 15 is 0 Å². The zero-order valence-corrected chi connectivity index (χ0v) is 19.5. The molecule has 2 heterocycles. The molecule has 0 saturated carbocycles. The molecule has 0 bridgehead atoms. The second-order valence-electron chi connectivity index (χ2n) is 9.30. The van der Waals surface area contributed by atoms with Crippen molar-refractivity contribution in [3.8, 4) is 5.75 Å². The van der Waals surface area contributed by atoms with Gasteiger partial charge in [-0.2, -0.15) is 0 Å². The van der Waals surface area contributed by atoms with E-state index in [9.17, 15) is 4.39 Å². The molecule has 34 heavy (non-hydrogen) atoms. The predicted octanol–water partition coefficient (Wildman–Crippen LogP) is 6.78. The van der Waals surface area contributed by atoms with Gasteiger partial charge in [-0.15, -0.1) is 0 Å². The first-order valence-electron chi connectivity index (χ1n) is 12.2. The van der Waals surface area contributed by atoms with Gasteiger partial charge in [0.25, 0.3) is 0 Å². The topological polar surface area (TPSA) is 38.5 Å². The maximum absolute atomic E-state index is 13.1. The van der Waals surface area contributed by atoms with Gasteiger partial charge < -0.3 is 9.26 Å². The summed E-state index contributed by atoms with van der Waals surface area (Å²) < 4.78 is 24.6. The monoisotopic (exact) mass is 458 g/mol. The van der Waals surface area contributed by atoms with Gasteiger partial charge in [-0.25, -0.2) is 4.39 Å². The molecule has 1 fully saturated rings. The Balaban J connectivity index is 1.07. The summed E-state index contributed by atoms with van der Waals surface area (Å²) in [4.78, 5) is 2.48. The van der Waals surface area contributed by atoms with E-state index in [0.29, 0.717) is 6.61 Å². The first-order chi connectivity index (χ1) is 16.7. The van der Waals surface area contributed by atoms with Gasteiger partial charge in [0, 0.05) is 18.0 Å². The predicted molar refractivity (Wildman–Crippen MR) is 132 cm³/mol. The van der Waals surface area contributed by atoms with Crippen LogP contribution in [0.25, 0.3) is 11.0 Å². The van der Waals surface area contributed by atoms with E-state index < -0.39 is 0 Å². The lowest BCUT2D eigenvalue weighted by Gasteiger charge is -2.32. The van der Waals surface area contributed by atoms with Crippen LogP contribution in [0.15, 0.2) is 77.3 Å². The van der Waals surface area contributed by atoms with Crippen LogP contribution in [0.3, 0.4) is 0 Å². The standard InChI is InChI=1S/C29H31FN2O2/c30-25-11-9-23(10-12-25)20-32-17-15-22(16-18-32)7-4-8-28-27-14-13-26(19-29(27)34-31-28)33-21-24-5-2-1-3-6-24/h1-3,5-6,9-14,19,22H,4,7-8,15-18,20-21H2. The van der Waals surface area contributed by atoms with Crippen LogP contribution in [-0.4, -0.2) is 23.1 Å². The summed E-state index contributed by atoms with van der Waals surface area (Å²) in [5.41, 5.74) is 4.15. The summed E-state index contributed by atoms with van der Waals surface area (Å²) in [5, 5.41) is 5.42. The third kappa shape index (κ3) is 5.84. The molecule has 1 aliphatic rings. The number of hydrogen-bond donors (Lipinski definition) is 0. The Labute approximate surface area is 200 Å². The number of nitrogens with zero attached hydrogens (tertiary/aromatic N) is 2. The molecule has 0 amide bonds. The lowest BCUT2D eigenvalue weighted by Crippen LogP contribution is -2.33. The van der Waals surface area contributed by atoms with Crippen LogP contribution in [-0.2, 0) is 19.6 Å². The molecule has 3 aromatic carbocycles. The molecule has 0 unspecified atom stereocenters. The van der Waals surface area contributed by atoms with Crippen LogP contribution in [0.2, 0.25) is 0 Å². The molecule has 0 spiro atoms. The number of piperidine rings is 1. The number of benzene rings is 3. The van der Waals surface area contributed by atoms with E-state index in [1.54, 1.807) is 12.1 Å². The van der Waals surface area contributed by atoms with Gasteiger partial charge in [-0.05, 0) is 86.5 Å². The SMILES string of the molecule is Fc1ccc(CN2CCC(CCCc3noc4cc(OCc5ccccc5)ccc34)CC2)cc1. The van der Waals surface area contributed by atoms with E-state index in [1.807, 2.05) is 42.5 Å². The fourth-order valence-electron chi connectivity index (χ4n) is 4.82. The first-order valence-corrected chi connectivity index (χ1v) is 12.2. The Kier molecular flexibility index (Phi) is 7.20. The van der Waals surface area contributed by atoms with Gasteiger partial charge in [0.1, 0.15) is 18.2 Å². The van der Waals surface area contributed by atoms with E-state index in [2.05, 4.69) is 28.3 Å². The lowest BCUT2D eigenvalue weighted by molar-refractivity contribution is 0.171.